The van der Waals surface area contributed by atoms with E-state index in [1.54, 1.807) is 0 Å². The fourth-order valence-corrected chi connectivity index (χ4v) is 1.69. The maximum atomic E-state index is 6.00. The van der Waals surface area contributed by atoms with Crippen LogP contribution >= 0.6 is 0 Å². The van der Waals surface area contributed by atoms with Gasteiger partial charge in [-0.3, -0.25) is 0 Å². The Labute approximate surface area is 95.1 Å². The lowest BCUT2D eigenvalue weighted by molar-refractivity contribution is 1.51. The van der Waals surface area contributed by atoms with E-state index in [4.69, 9.17) is 11.5 Å². The zero-order chi connectivity index (χ0) is 11.5. The fraction of sp³-hybridized carbons (Fsp3) is 0.0769. The molecule has 0 radical (unpaired) electrons. The largest absolute Gasteiger partial charge is 0.399 e. The summed E-state index contributed by atoms with van der Waals surface area (Å²) in [5.74, 6) is 0. The van der Waals surface area contributed by atoms with Crippen molar-refractivity contribution < 1.29 is 0 Å². The molecule has 0 aliphatic carbocycles. The molecule has 82 valence electrons. The summed E-state index contributed by atoms with van der Waals surface area (Å²) in [5.41, 5.74) is 16.3. The highest BCUT2D eigenvalue weighted by atomic mass is 14.8. The van der Waals surface area contributed by atoms with Crippen LogP contribution in [0.4, 0.5) is 17.1 Å². The molecule has 2 aromatic rings. The van der Waals surface area contributed by atoms with Crippen LogP contribution in [0.1, 0.15) is 0 Å². The third kappa shape index (κ3) is 1.93. The van der Waals surface area contributed by atoms with Crippen LogP contribution in [0, 0.1) is 0 Å². The second-order valence-electron chi connectivity index (χ2n) is 3.68. The maximum Gasteiger partial charge on any atom is 0.0414 e. The van der Waals surface area contributed by atoms with Gasteiger partial charge >= 0.3 is 0 Å². The van der Waals surface area contributed by atoms with Gasteiger partial charge in [-0.05, 0) is 29.8 Å². The average Bonchev–Trinajstić information content (AvgIpc) is 2.28. The molecular formula is C13H15N3. The highest BCUT2D eigenvalue weighted by molar-refractivity contribution is 5.80. The summed E-state index contributed by atoms with van der Waals surface area (Å²) < 4.78 is 0. The Bertz CT molecular complexity index is 506. The van der Waals surface area contributed by atoms with E-state index in [2.05, 4.69) is 5.32 Å². The van der Waals surface area contributed by atoms with E-state index in [-0.39, 0.29) is 0 Å². The highest BCUT2D eigenvalue weighted by Crippen LogP contribution is 2.29. The SMILES string of the molecule is CNc1ccc(-c2cccc(N)c2)c(N)c1. The van der Waals surface area contributed by atoms with Gasteiger partial charge in [-0.1, -0.05) is 18.2 Å². The molecule has 0 aliphatic heterocycles. The summed E-state index contributed by atoms with van der Waals surface area (Å²) >= 11 is 0. The highest BCUT2D eigenvalue weighted by Gasteiger charge is 2.03. The Kier molecular flexibility index (Phi) is 2.68. The Hall–Kier alpha value is -2.16. The molecule has 2 aromatic carbocycles. The van der Waals surface area contributed by atoms with E-state index in [0.717, 1.165) is 28.2 Å². The van der Waals surface area contributed by atoms with Crippen molar-refractivity contribution in [1.82, 2.24) is 0 Å². The number of nitrogen functional groups attached to an aromatic ring is 2. The zero-order valence-electron chi connectivity index (χ0n) is 9.20. The number of hydrogen-bond acceptors (Lipinski definition) is 3. The average molecular weight is 213 g/mol. The molecule has 0 saturated heterocycles. The number of rotatable bonds is 2. The van der Waals surface area contributed by atoms with Gasteiger partial charge in [0.2, 0.25) is 0 Å². The van der Waals surface area contributed by atoms with Gasteiger partial charge in [0.15, 0.2) is 0 Å². The molecule has 0 bridgehead atoms. The van der Waals surface area contributed by atoms with E-state index in [0.29, 0.717) is 0 Å². The number of anilines is 3. The predicted molar refractivity (Wildman–Crippen MR) is 70.2 cm³/mol. The second-order valence-corrected chi connectivity index (χ2v) is 3.68. The van der Waals surface area contributed by atoms with Crippen molar-refractivity contribution in [2.24, 2.45) is 0 Å². The monoisotopic (exact) mass is 213 g/mol. The van der Waals surface area contributed by atoms with Crippen LogP contribution in [0.15, 0.2) is 42.5 Å². The molecule has 0 amide bonds. The Morgan fingerprint density at radius 2 is 1.81 bits per heavy atom. The summed E-state index contributed by atoms with van der Waals surface area (Å²) in [6.07, 6.45) is 0. The first-order chi connectivity index (χ1) is 7.70. The quantitative estimate of drug-likeness (QED) is 0.672. The number of hydrogen-bond donors (Lipinski definition) is 3. The van der Waals surface area contributed by atoms with Crippen molar-refractivity contribution in [1.29, 1.82) is 0 Å². The number of benzene rings is 2. The summed E-state index contributed by atoms with van der Waals surface area (Å²) in [7, 11) is 1.87. The normalized spacial score (nSPS) is 10.1. The minimum absolute atomic E-state index is 0.745. The molecule has 3 heteroatoms. The third-order valence-corrected chi connectivity index (χ3v) is 2.54. The molecule has 2 rings (SSSR count). The predicted octanol–water partition coefficient (Wildman–Crippen LogP) is 2.56. The molecule has 0 heterocycles. The first-order valence-electron chi connectivity index (χ1n) is 5.14. The summed E-state index contributed by atoms with van der Waals surface area (Å²) in [6.45, 7) is 0. The standard InChI is InChI=1S/C13H15N3/c1-16-11-5-6-12(13(15)8-11)9-3-2-4-10(14)7-9/h2-8,16H,14-15H2,1H3. The Balaban J connectivity index is 2.48. The summed E-state index contributed by atoms with van der Waals surface area (Å²) in [6, 6.07) is 13.6. The van der Waals surface area contributed by atoms with E-state index < -0.39 is 0 Å². The van der Waals surface area contributed by atoms with Gasteiger partial charge in [0.25, 0.3) is 0 Å². The van der Waals surface area contributed by atoms with Crippen LogP contribution in [0.3, 0.4) is 0 Å². The van der Waals surface area contributed by atoms with Gasteiger partial charge in [-0.15, -0.1) is 0 Å². The van der Waals surface area contributed by atoms with Crippen LogP contribution in [0.2, 0.25) is 0 Å². The van der Waals surface area contributed by atoms with Crippen LogP contribution in [0.5, 0.6) is 0 Å². The van der Waals surface area contributed by atoms with Crippen LogP contribution in [0.25, 0.3) is 11.1 Å². The van der Waals surface area contributed by atoms with Gasteiger partial charge in [0.1, 0.15) is 0 Å². The summed E-state index contributed by atoms with van der Waals surface area (Å²) in [5, 5.41) is 3.05. The van der Waals surface area contributed by atoms with Crippen LogP contribution in [-0.2, 0) is 0 Å². The number of nitrogens with one attached hydrogen (secondary N) is 1. The Morgan fingerprint density at radius 1 is 1.00 bits per heavy atom. The molecule has 0 fully saturated rings. The van der Waals surface area contributed by atoms with E-state index in [9.17, 15) is 0 Å². The molecule has 5 N–H and O–H groups in total. The molecule has 0 unspecified atom stereocenters. The number of nitrogens with two attached hydrogens (primary N) is 2. The molecule has 0 saturated carbocycles. The molecular weight excluding hydrogens is 198 g/mol. The van der Waals surface area contributed by atoms with Crippen molar-refractivity contribution in [2.75, 3.05) is 23.8 Å². The molecule has 0 atom stereocenters. The van der Waals surface area contributed by atoms with E-state index in [1.807, 2.05) is 49.5 Å². The van der Waals surface area contributed by atoms with E-state index >= 15 is 0 Å². The lowest BCUT2D eigenvalue weighted by atomic mass is 10.0. The lowest BCUT2D eigenvalue weighted by Crippen LogP contribution is -1.94. The van der Waals surface area contributed by atoms with Gasteiger partial charge in [-0.25, -0.2) is 0 Å². The minimum Gasteiger partial charge on any atom is -0.399 e. The van der Waals surface area contributed by atoms with Crippen molar-refractivity contribution in [2.45, 2.75) is 0 Å². The molecule has 3 nitrogen and oxygen atoms in total. The third-order valence-electron chi connectivity index (χ3n) is 2.54. The van der Waals surface area contributed by atoms with Crippen molar-refractivity contribution in [3.05, 3.63) is 42.5 Å². The van der Waals surface area contributed by atoms with Gasteiger partial charge < -0.3 is 16.8 Å². The zero-order valence-corrected chi connectivity index (χ0v) is 9.20. The smallest absolute Gasteiger partial charge is 0.0414 e. The molecule has 16 heavy (non-hydrogen) atoms. The maximum absolute atomic E-state index is 6.00. The van der Waals surface area contributed by atoms with Crippen LogP contribution in [-0.4, -0.2) is 7.05 Å². The van der Waals surface area contributed by atoms with Crippen molar-refractivity contribution in [3.8, 4) is 11.1 Å². The van der Waals surface area contributed by atoms with Gasteiger partial charge in [-0.2, -0.15) is 0 Å². The molecule has 0 aromatic heterocycles. The van der Waals surface area contributed by atoms with Gasteiger partial charge in [0.05, 0.1) is 0 Å². The second kappa shape index (κ2) is 4.14. The first kappa shape index (κ1) is 10.4. The molecule has 0 aliphatic rings. The lowest BCUT2D eigenvalue weighted by Gasteiger charge is -2.08. The minimum atomic E-state index is 0.745. The first-order valence-corrected chi connectivity index (χ1v) is 5.14. The molecule has 0 spiro atoms. The Morgan fingerprint density at radius 3 is 2.44 bits per heavy atom. The van der Waals surface area contributed by atoms with E-state index in [1.165, 1.54) is 0 Å². The van der Waals surface area contributed by atoms with Crippen molar-refractivity contribution >= 4 is 17.1 Å². The fourth-order valence-electron chi connectivity index (χ4n) is 1.69. The van der Waals surface area contributed by atoms with Crippen molar-refractivity contribution in [3.63, 3.8) is 0 Å². The van der Waals surface area contributed by atoms with Gasteiger partial charge in [0, 0.05) is 29.7 Å². The topological polar surface area (TPSA) is 64.1 Å². The van der Waals surface area contributed by atoms with Crippen LogP contribution < -0.4 is 16.8 Å². The summed E-state index contributed by atoms with van der Waals surface area (Å²) in [4.78, 5) is 0.